The first-order valence-electron chi connectivity index (χ1n) is 6.13. The molecule has 1 aromatic carbocycles. The van der Waals surface area contributed by atoms with Gasteiger partial charge in [0, 0.05) is 12.1 Å². The van der Waals surface area contributed by atoms with Crippen molar-refractivity contribution in [2.24, 2.45) is 0 Å². The minimum absolute atomic E-state index is 0.443. The summed E-state index contributed by atoms with van der Waals surface area (Å²) in [4.78, 5) is 4.42. The second-order valence-corrected chi connectivity index (χ2v) is 4.86. The van der Waals surface area contributed by atoms with Crippen LogP contribution in [0, 0.1) is 13.8 Å². The number of anilines is 1. The standard InChI is InChI=1S/C15H17ClN2O/c1-10-7-12(16)8-11(2)15(10)19-9-13-5-4-6-14(17-3)18-13/h4-8H,9H2,1-3H3,(H,17,18). The second kappa shape index (κ2) is 5.93. The number of ether oxygens (including phenoxy) is 1. The number of hydrogen-bond donors (Lipinski definition) is 1. The lowest BCUT2D eigenvalue weighted by Gasteiger charge is -2.12. The van der Waals surface area contributed by atoms with Crippen LogP contribution in [0.15, 0.2) is 30.3 Å². The number of hydrogen-bond acceptors (Lipinski definition) is 3. The molecule has 0 fully saturated rings. The number of aromatic nitrogens is 1. The van der Waals surface area contributed by atoms with Crippen molar-refractivity contribution < 1.29 is 4.74 Å². The Balaban J connectivity index is 2.14. The van der Waals surface area contributed by atoms with Crippen molar-refractivity contribution in [2.75, 3.05) is 12.4 Å². The van der Waals surface area contributed by atoms with Crippen LogP contribution in [0.25, 0.3) is 0 Å². The number of nitrogens with zero attached hydrogens (tertiary/aromatic N) is 1. The lowest BCUT2D eigenvalue weighted by atomic mass is 10.1. The number of nitrogens with one attached hydrogen (secondary N) is 1. The number of halogens is 1. The topological polar surface area (TPSA) is 34.1 Å². The zero-order valence-electron chi connectivity index (χ0n) is 11.3. The highest BCUT2D eigenvalue weighted by atomic mass is 35.5. The van der Waals surface area contributed by atoms with E-state index in [4.69, 9.17) is 16.3 Å². The minimum Gasteiger partial charge on any atom is -0.487 e. The summed E-state index contributed by atoms with van der Waals surface area (Å²) in [6.45, 7) is 4.43. The van der Waals surface area contributed by atoms with Crippen LogP contribution in [0.1, 0.15) is 16.8 Å². The van der Waals surface area contributed by atoms with E-state index < -0.39 is 0 Å². The normalized spacial score (nSPS) is 10.3. The Labute approximate surface area is 118 Å². The summed E-state index contributed by atoms with van der Waals surface area (Å²) in [5.74, 6) is 1.71. The predicted molar refractivity (Wildman–Crippen MR) is 79.0 cm³/mol. The molecule has 100 valence electrons. The molecule has 0 aliphatic rings. The molecule has 4 heteroatoms. The van der Waals surface area contributed by atoms with Crippen molar-refractivity contribution >= 4 is 17.4 Å². The monoisotopic (exact) mass is 276 g/mol. The molecule has 1 N–H and O–H groups in total. The molecule has 0 bridgehead atoms. The van der Waals surface area contributed by atoms with Gasteiger partial charge in [-0.15, -0.1) is 0 Å². The smallest absolute Gasteiger partial charge is 0.130 e. The van der Waals surface area contributed by atoms with Gasteiger partial charge in [-0.1, -0.05) is 17.7 Å². The van der Waals surface area contributed by atoms with Gasteiger partial charge < -0.3 is 10.1 Å². The van der Waals surface area contributed by atoms with E-state index >= 15 is 0 Å². The van der Waals surface area contributed by atoms with Gasteiger partial charge in [0.1, 0.15) is 18.2 Å². The molecule has 0 aliphatic heterocycles. The van der Waals surface area contributed by atoms with Gasteiger partial charge in [0.15, 0.2) is 0 Å². The molecule has 1 heterocycles. The van der Waals surface area contributed by atoms with Gasteiger partial charge >= 0.3 is 0 Å². The Morgan fingerprint density at radius 2 is 1.89 bits per heavy atom. The number of pyridine rings is 1. The van der Waals surface area contributed by atoms with Crippen molar-refractivity contribution in [2.45, 2.75) is 20.5 Å². The predicted octanol–water partition coefficient (Wildman–Crippen LogP) is 3.97. The SMILES string of the molecule is CNc1cccc(COc2c(C)cc(Cl)cc2C)n1. The highest BCUT2D eigenvalue weighted by Crippen LogP contribution is 2.27. The summed E-state index contributed by atoms with van der Waals surface area (Å²) in [5, 5.41) is 3.75. The van der Waals surface area contributed by atoms with Crippen molar-refractivity contribution in [3.8, 4) is 5.75 Å². The van der Waals surface area contributed by atoms with Crippen LogP contribution >= 0.6 is 11.6 Å². The maximum atomic E-state index is 6.00. The maximum Gasteiger partial charge on any atom is 0.130 e. The van der Waals surface area contributed by atoms with Crippen LogP contribution in [-0.2, 0) is 6.61 Å². The van der Waals surface area contributed by atoms with Gasteiger partial charge in [0.2, 0.25) is 0 Å². The minimum atomic E-state index is 0.443. The molecule has 2 aromatic rings. The molecule has 3 nitrogen and oxygen atoms in total. The van der Waals surface area contributed by atoms with Crippen LogP contribution in [0.3, 0.4) is 0 Å². The highest BCUT2D eigenvalue weighted by molar-refractivity contribution is 6.30. The van der Waals surface area contributed by atoms with E-state index in [2.05, 4.69) is 10.3 Å². The average molecular weight is 277 g/mol. The maximum absolute atomic E-state index is 6.00. The Morgan fingerprint density at radius 3 is 2.53 bits per heavy atom. The van der Waals surface area contributed by atoms with E-state index in [0.717, 1.165) is 33.4 Å². The fourth-order valence-corrected chi connectivity index (χ4v) is 2.30. The van der Waals surface area contributed by atoms with E-state index in [1.54, 1.807) is 0 Å². The third-order valence-electron chi connectivity index (χ3n) is 2.85. The third-order valence-corrected chi connectivity index (χ3v) is 3.07. The highest BCUT2D eigenvalue weighted by Gasteiger charge is 2.06. The molecular weight excluding hydrogens is 260 g/mol. The second-order valence-electron chi connectivity index (χ2n) is 4.42. The Kier molecular flexibility index (Phi) is 4.27. The number of rotatable bonds is 4. The first-order chi connectivity index (χ1) is 9.10. The van der Waals surface area contributed by atoms with Gasteiger partial charge in [-0.2, -0.15) is 0 Å². The van der Waals surface area contributed by atoms with Gasteiger partial charge in [-0.05, 0) is 49.2 Å². The van der Waals surface area contributed by atoms with Crippen molar-refractivity contribution in [1.82, 2.24) is 4.98 Å². The summed E-state index contributed by atoms with van der Waals surface area (Å²) in [5.41, 5.74) is 2.96. The van der Waals surface area contributed by atoms with Gasteiger partial charge in [0.25, 0.3) is 0 Å². The summed E-state index contributed by atoms with van der Waals surface area (Å²) >= 11 is 6.00. The molecule has 0 radical (unpaired) electrons. The molecule has 2 rings (SSSR count). The first kappa shape index (κ1) is 13.7. The molecule has 0 saturated carbocycles. The molecule has 0 spiro atoms. The Morgan fingerprint density at radius 1 is 1.21 bits per heavy atom. The number of aryl methyl sites for hydroxylation is 2. The lowest BCUT2D eigenvalue weighted by Crippen LogP contribution is -2.02. The molecule has 1 aromatic heterocycles. The van der Waals surface area contributed by atoms with Crippen LogP contribution in [0.5, 0.6) is 5.75 Å². The average Bonchev–Trinajstić information content (AvgIpc) is 2.37. The number of benzene rings is 1. The Hall–Kier alpha value is -1.74. The zero-order valence-corrected chi connectivity index (χ0v) is 12.1. The van der Waals surface area contributed by atoms with Crippen LogP contribution in [0.2, 0.25) is 5.02 Å². The largest absolute Gasteiger partial charge is 0.487 e. The third kappa shape index (κ3) is 3.38. The van der Waals surface area contributed by atoms with Gasteiger partial charge in [-0.25, -0.2) is 4.98 Å². The fourth-order valence-electron chi connectivity index (χ4n) is 1.97. The van der Waals surface area contributed by atoms with E-state index in [1.165, 1.54) is 0 Å². The molecule has 0 amide bonds. The Bertz CT molecular complexity index is 561. The molecule has 0 unspecified atom stereocenters. The van der Waals surface area contributed by atoms with Crippen molar-refractivity contribution in [3.05, 3.63) is 52.2 Å². The lowest BCUT2D eigenvalue weighted by molar-refractivity contribution is 0.297. The van der Waals surface area contributed by atoms with Crippen molar-refractivity contribution in [1.29, 1.82) is 0 Å². The van der Waals surface area contributed by atoms with Gasteiger partial charge in [0.05, 0.1) is 5.69 Å². The van der Waals surface area contributed by atoms with E-state index in [0.29, 0.717) is 6.61 Å². The summed E-state index contributed by atoms with van der Waals surface area (Å²) in [7, 11) is 1.85. The zero-order chi connectivity index (χ0) is 13.8. The van der Waals surface area contributed by atoms with Crippen LogP contribution in [0.4, 0.5) is 5.82 Å². The van der Waals surface area contributed by atoms with Gasteiger partial charge in [-0.3, -0.25) is 0 Å². The molecule has 0 saturated heterocycles. The molecule has 19 heavy (non-hydrogen) atoms. The van der Waals surface area contributed by atoms with E-state index in [-0.39, 0.29) is 0 Å². The summed E-state index contributed by atoms with van der Waals surface area (Å²) < 4.78 is 5.86. The first-order valence-corrected chi connectivity index (χ1v) is 6.51. The summed E-state index contributed by atoms with van der Waals surface area (Å²) in [6, 6.07) is 9.63. The molecule has 0 atom stereocenters. The van der Waals surface area contributed by atoms with E-state index in [1.807, 2.05) is 51.2 Å². The van der Waals surface area contributed by atoms with Crippen LogP contribution in [-0.4, -0.2) is 12.0 Å². The molecule has 0 aliphatic carbocycles. The van der Waals surface area contributed by atoms with Crippen molar-refractivity contribution in [3.63, 3.8) is 0 Å². The fraction of sp³-hybridized carbons (Fsp3) is 0.267. The van der Waals surface area contributed by atoms with Crippen LogP contribution < -0.4 is 10.1 Å². The quantitative estimate of drug-likeness (QED) is 0.917. The summed E-state index contributed by atoms with van der Waals surface area (Å²) in [6.07, 6.45) is 0. The molecular formula is C15H17ClN2O. The van der Waals surface area contributed by atoms with E-state index in [9.17, 15) is 0 Å².